The fourth-order valence-electron chi connectivity index (χ4n) is 2.47. The third-order valence-electron chi connectivity index (χ3n) is 3.77. The number of halogens is 1. The number of urea groups is 1. The van der Waals surface area contributed by atoms with Crippen LogP contribution in [0, 0.1) is 12.7 Å². The van der Waals surface area contributed by atoms with E-state index in [-0.39, 0.29) is 5.13 Å². The number of hydrogen-bond acceptors (Lipinski definition) is 6. The van der Waals surface area contributed by atoms with Crippen LogP contribution in [0.15, 0.2) is 24.3 Å². The van der Waals surface area contributed by atoms with Gasteiger partial charge < -0.3 is 5.32 Å². The average molecular weight is 363 g/mol. The van der Waals surface area contributed by atoms with Crippen molar-refractivity contribution in [1.29, 1.82) is 0 Å². The molecule has 1 saturated heterocycles. The molecule has 3 rings (SSSR count). The molecule has 2 N–H and O–H groups in total. The Balaban J connectivity index is 1.74. The monoisotopic (exact) mass is 363 g/mol. The molecule has 8 nitrogen and oxygen atoms in total. The third kappa shape index (κ3) is 3.20. The molecule has 4 amide bonds. The van der Waals surface area contributed by atoms with Gasteiger partial charge in [0.1, 0.15) is 22.9 Å². The van der Waals surface area contributed by atoms with Gasteiger partial charge in [0.25, 0.3) is 5.91 Å². The molecule has 1 fully saturated rings. The minimum Gasteiger partial charge on any atom is -0.319 e. The van der Waals surface area contributed by atoms with Crippen LogP contribution in [0.3, 0.4) is 0 Å². The molecule has 1 atom stereocenters. The quantitative estimate of drug-likeness (QED) is 0.799. The van der Waals surface area contributed by atoms with Crippen molar-refractivity contribution in [3.8, 4) is 0 Å². The summed E-state index contributed by atoms with van der Waals surface area (Å²) in [5, 5.41) is 13.5. The van der Waals surface area contributed by atoms with Gasteiger partial charge in [-0.3, -0.25) is 19.8 Å². The number of hydrogen-bond donors (Lipinski definition) is 2. The Labute approximate surface area is 146 Å². The molecule has 2 heterocycles. The minimum absolute atomic E-state index is 0.288. The van der Waals surface area contributed by atoms with Crippen LogP contribution in [0.25, 0.3) is 0 Å². The lowest BCUT2D eigenvalue weighted by atomic mass is 9.92. The van der Waals surface area contributed by atoms with E-state index in [2.05, 4.69) is 20.8 Å². The van der Waals surface area contributed by atoms with Gasteiger partial charge in [-0.1, -0.05) is 23.5 Å². The van der Waals surface area contributed by atoms with E-state index in [9.17, 15) is 18.8 Å². The topological polar surface area (TPSA) is 104 Å². The van der Waals surface area contributed by atoms with Crippen LogP contribution in [0.5, 0.6) is 0 Å². The number of nitrogens with zero attached hydrogens (tertiary/aromatic N) is 3. The predicted octanol–water partition coefficient (Wildman–Crippen LogP) is 1.39. The van der Waals surface area contributed by atoms with Crippen molar-refractivity contribution in [2.75, 3.05) is 11.9 Å². The van der Waals surface area contributed by atoms with Gasteiger partial charge >= 0.3 is 6.03 Å². The van der Waals surface area contributed by atoms with Gasteiger partial charge in [-0.2, -0.15) is 0 Å². The van der Waals surface area contributed by atoms with Crippen molar-refractivity contribution in [3.05, 3.63) is 40.7 Å². The third-order valence-corrected chi connectivity index (χ3v) is 4.52. The molecule has 1 aromatic heterocycles. The lowest BCUT2D eigenvalue weighted by Crippen LogP contribution is -2.42. The molecule has 0 bridgehead atoms. The van der Waals surface area contributed by atoms with E-state index in [4.69, 9.17) is 0 Å². The molecule has 1 aliphatic rings. The van der Waals surface area contributed by atoms with Crippen LogP contribution in [0.2, 0.25) is 0 Å². The van der Waals surface area contributed by atoms with E-state index in [1.807, 2.05) is 0 Å². The number of rotatable bonds is 4. The van der Waals surface area contributed by atoms with Gasteiger partial charge in [0, 0.05) is 0 Å². The number of nitrogens with one attached hydrogen (secondary N) is 2. The molecule has 0 saturated carbocycles. The molecule has 0 radical (unpaired) electrons. The highest BCUT2D eigenvalue weighted by Gasteiger charge is 2.49. The zero-order valence-electron chi connectivity index (χ0n) is 13.4. The van der Waals surface area contributed by atoms with E-state index < -0.39 is 35.7 Å². The Hall–Kier alpha value is -2.88. The number of aryl methyl sites for hydroxylation is 1. The Morgan fingerprint density at radius 3 is 2.60 bits per heavy atom. The van der Waals surface area contributed by atoms with Crippen LogP contribution in [0.4, 0.5) is 14.3 Å². The van der Waals surface area contributed by atoms with E-state index >= 15 is 0 Å². The standard InChI is InChI=1S/C15H14FN5O3S/c1-8-19-20-13(25-8)17-11(22)7-21-12(23)15(2,18-14(21)24)9-3-5-10(16)6-4-9/h3-6H,7H2,1-2H3,(H,18,24)(H,17,20,22). The van der Waals surface area contributed by atoms with Gasteiger partial charge in [0.05, 0.1) is 0 Å². The summed E-state index contributed by atoms with van der Waals surface area (Å²) in [6.07, 6.45) is 0. The van der Waals surface area contributed by atoms with Gasteiger partial charge in [0.15, 0.2) is 0 Å². The van der Waals surface area contributed by atoms with Crippen molar-refractivity contribution in [2.45, 2.75) is 19.4 Å². The molecule has 10 heteroatoms. The number of anilines is 1. The SMILES string of the molecule is Cc1nnc(NC(=O)CN2C(=O)NC(C)(c3ccc(F)cc3)C2=O)s1. The maximum atomic E-state index is 13.1. The van der Waals surface area contributed by atoms with E-state index in [1.54, 1.807) is 6.92 Å². The first-order valence-electron chi connectivity index (χ1n) is 7.30. The van der Waals surface area contributed by atoms with Crippen molar-refractivity contribution in [1.82, 2.24) is 20.4 Å². The second-order valence-corrected chi connectivity index (χ2v) is 6.81. The fourth-order valence-corrected chi connectivity index (χ4v) is 3.08. The largest absolute Gasteiger partial charge is 0.325 e. The lowest BCUT2D eigenvalue weighted by molar-refractivity contribution is -0.133. The van der Waals surface area contributed by atoms with Gasteiger partial charge in [-0.25, -0.2) is 9.18 Å². The van der Waals surface area contributed by atoms with Gasteiger partial charge in [0.2, 0.25) is 11.0 Å². The van der Waals surface area contributed by atoms with Crippen LogP contribution >= 0.6 is 11.3 Å². The van der Waals surface area contributed by atoms with Crippen molar-refractivity contribution in [3.63, 3.8) is 0 Å². The fraction of sp³-hybridized carbons (Fsp3) is 0.267. The van der Waals surface area contributed by atoms with Crippen LogP contribution in [0.1, 0.15) is 17.5 Å². The lowest BCUT2D eigenvalue weighted by Gasteiger charge is -2.22. The van der Waals surface area contributed by atoms with E-state index in [1.165, 1.54) is 42.5 Å². The highest BCUT2D eigenvalue weighted by molar-refractivity contribution is 7.15. The first-order valence-corrected chi connectivity index (χ1v) is 8.11. The highest BCUT2D eigenvalue weighted by atomic mass is 32.1. The number of aromatic nitrogens is 2. The smallest absolute Gasteiger partial charge is 0.319 e. The summed E-state index contributed by atoms with van der Waals surface area (Å²) in [4.78, 5) is 37.7. The summed E-state index contributed by atoms with van der Waals surface area (Å²) < 4.78 is 13.1. The normalized spacial score (nSPS) is 19.9. The second-order valence-electron chi connectivity index (χ2n) is 5.63. The summed E-state index contributed by atoms with van der Waals surface area (Å²) >= 11 is 1.18. The Bertz CT molecular complexity index is 853. The maximum absolute atomic E-state index is 13.1. The highest BCUT2D eigenvalue weighted by Crippen LogP contribution is 2.28. The molecule has 130 valence electrons. The van der Waals surface area contributed by atoms with Crippen LogP contribution < -0.4 is 10.6 Å². The van der Waals surface area contributed by atoms with Gasteiger partial charge in [-0.15, -0.1) is 10.2 Å². The van der Waals surface area contributed by atoms with Crippen LogP contribution in [-0.4, -0.2) is 39.5 Å². The average Bonchev–Trinajstić information content (AvgIpc) is 3.05. The number of imide groups is 1. The minimum atomic E-state index is -1.36. The molecule has 1 unspecified atom stereocenters. The molecule has 25 heavy (non-hydrogen) atoms. The number of benzene rings is 1. The molecule has 1 aromatic carbocycles. The summed E-state index contributed by atoms with van der Waals surface area (Å²) in [6, 6.07) is 4.54. The zero-order valence-corrected chi connectivity index (χ0v) is 14.2. The first-order chi connectivity index (χ1) is 11.8. The number of carbonyl (C=O) groups excluding carboxylic acids is 3. The number of amides is 4. The molecule has 1 aliphatic heterocycles. The van der Waals surface area contributed by atoms with Gasteiger partial charge in [-0.05, 0) is 31.5 Å². The molecular formula is C15H14FN5O3S. The molecular weight excluding hydrogens is 349 g/mol. The first kappa shape index (κ1) is 17.0. The molecule has 0 spiro atoms. The van der Waals surface area contributed by atoms with Crippen molar-refractivity contribution >= 4 is 34.3 Å². The Morgan fingerprint density at radius 1 is 1.32 bits per heavy atom. The van der Waals surface area contributed by atoms with Crippen molar-refractivity contribution < 1.29 is 18.8 Å². The Morgan fingerprint density at radius 2 is 2.00 bits per heavy atom. The van der Waals surface area contributed by atoms with E-state index in [0.29, 0.717) is 10.6 Å². The number of carbonyl (C=O) groups is 3. The molecule has 2 aromatic rings. The maximum Gasteiger partial charge on any atom is 0.325 e. The van der Waals surface area contributed by atoms with E-state index in [0.717, 1.165) is 4.90 Å². The summed E-state index contributed by atoms with van der Waals surface area (Å²) in [5.41, 5.74) is -0.931. The Kier molecular flexibility index (Phi) is 4.21. The summed E-state index contributed by atoms with van der Waals surface area (Å²) in [7, 11) is 0. The second kappa shape index (κ2) is 6.20. The summed E-state index contributed by atoms with van der Waals surface area (Å²) in [6.45, 7) is 2.78. The zero-order chi connectivity index (χ0) is 18.2. The van der Waals surface area contributed by atoms with Crippen LogP contribution in [-0.2, 0) is 15.1 Å². The predicted molar refractivity (Wildman–Crippen MR) is 87.3 cm³/mol. The van der Waals surface area contributed by atoms with Crippen molar-refractivity contribution in [2.24, 2.45) is 0 Å². The molecule has 0 aliphatic carbocycles. The summed E-state index contributed by atoms with van der Waals surface area (Å²) in [5.74, 6) is -1.61.